The van der Waals surface area contributed by atoms with Crippen molar-refractivity contribution in [3.05, 3.63) is 53.7 Å². The lowest BCUT2D eigenvalue weighted by molar-refractivity contribution is 0.0692. The molecule has 6 heteroatoms. The monoisotopic (exact) mass is 251 g/mol. The number of pyridine rings is 1. The van der Waals surface area contributed by atoms with Gasteiger partial charge in [-0.25, -0.2) is 18.6 Å². The van der Waals surface area contributed by atoms with Crippen LogP contribution in [0.4, 0.5) is 8.78 Å². The van der Waals surface area contributed by atoms with Crippen LogP contribution in [0.2, 0.25) is 0 Å². The van der Waals surface area contributed by atoms with Gasteiger partial charge in [-0.3, -0.25) is 0 Å². The molecular formula is C12H7F2NO3. The molecule has 2 rings (SSSR count). The summed E-state index contributed by atoms with van der Waals surface area (Å²) in [4.78, 5) is 14.4. The fraction of sp³-hybridized carbons (Fsp3) is 0. The summed E-state index contributed by atoms with van der Waals surface area (Å²) >= 11 is 0. The summed E-state index contributed by atoms with van der Waals surface area (Å²) in [6, 6.07) is 5.89. The predicted octanol–water partition coefficient (Wildman–Crippen LogP) is 2.85. The zero-order valence-electron chi connectivity index (χ0n) is 8.93. The van der Waals surface area contributed by atoms with Crippen molar-refractivity contribution < 1.29 is 23.4 Å². The lowest BCUT2D eigenvalue weighted by Gasteiger charge is -2.07. The number of hydrogen-bond donors (Lipinski definition) is 1. The molecule has 0 fully saturated rings. The minimum Gasteiger partial charge on any atom is -0.477 e. The van der Waals surface area contributed by atoms with Gasteiger partial charge in [-0.15, -0.1) is 0 Å². The zero-order chi connectivity index (χ0) is 13.1. The third-order valence-electron chi connectivity index (χ3n) is 2.06. The third kappa shape index (κ3) is 2.60. The first-order valence-corrected chi connectivity index (χ1v) is 4.88. The van der Waals surface area contributed by atoms with Crippen molar-refractivity contribution in [1.29, 1.82) is 0 Å². The maximum absolute atomic E-state index is 12.9. The highest BCUT2D eigenvalue weighted by molar-refractivity contribution is 5.90. The number of benzene rings is 1. The van der Waals surface area contributed by atoms with Crippen molar-refractivity contribution in [3.63, 3.8) is 0 Å². The molecule has 92 valence electrons. The summed E-state index contributed by atoms with van der Waals surface area (Å²) in [7, 11) is 0. The second-order valence-electron chi connectivity index (χ2n) is 3.37. The van der Waals surface area contributed by atoms with Gasteiger partial charge in [0.2, 0.25) is 5.88 Å². The first-order valence-electron chi connectivity index (χ1n) is 4.88. The summed E-state index contributed by atoms with van der Waals surface area (Å²) in [5.41, 5.74) is -0.431. The molecule has 0 aliphatic carbocycles. The van der Waals surface area contributed by atoms with Crippen molar-refractivity contribution in [2.45, 2.75) is 0 Å². The molecule has 1 N–H and O–H groups in total. The van der Waals surface area contributed by atoms with Gasteiger partial charge in [0, 0.05) is 6.07 Å². The van der Waals surface area contributed by atoms with E-state index in [9.17, 15) is 13.6 Å². The van der Waals surface area contributed by atoms with E-state index in [1.165, 1.54) is 18.2 Å². The number of carboxylic acids is 1. The van der Waals surface area contributed by atoms with Crippen LogP contribution in [0.1, 0.15) is 10.4 Å². The van der Waals surface area contributed by atoms with Gasteiger partial charge in [-0.05, 0) is 18.2 Å². The molecule has 2 aromatic rings. The summed E-state index contributed by atoms with van der Waals surface area (Å²) in [6.07, 6.45) is 0.821. The van der Waals surface area contributed by atoms with Crippen LogP contribution in [-0.2, 0) is 0 Å². The Morgan fingerprint density at radius 2 is 2.00 bits per heavy atom. The highest BCUT2D eigenvalue weighted by atomic mass is 19.1. The molecule has 0 radical (unpaired) electrons. The number of rotatable bonds is 3. The van der Waals surface area contributed by atoms with E-state index >= 15 is 0 Å². The first-order chi connectivity index (χ1) is 8.56. The maximum Gasteiger partial charge on any atom is 0.341 e. The Morgan fingerprint density at radius 3 is 2.67 bits per heavy atom. The average molecular weight is 251 g/mol. The van der Waals surface area contributed by atoms with Gasteiger partial charge in [0.25, 0.3) is 0 Å². The Labute approximate surface area is 100 Å². The predicted molar refractivity (Wildman–Crippen MR) is 57.6 cm³/mol. The molecule has 1 aromatic carbocycles. The van der Waals surface area contributed by atoms with Crippen LogP contribution < -0.4 is 4.74 Å². The molecule has 0 amide bonds. The minimum atomic E-state index is -1.38. The molecule has 1 aromatic heterocycles. The van der Waals surface area contributed by atoms with Crippen LogP contribution in [0, 0.1) is 11.6 Å². The molecule has 0 spiro atoms. The van der Waals surface area contributed by atoms with Crippen LogP contribution in [0.3, 0.4) is 0 Å². The largest absolute Gasteiger partial charge is 0.477 e. The number of hydrogen-bond acceptors (Lipinski definition) is 3. The van der Waals surface area contributed by atoms with Gasteiger partial charge in [-0.1, -0.05) is 6.07 Å². The summed E-state index contributed by atoms with van der Waals surface area (Å²) in [5.74, 6) is -2.93. The van der Waals surface area contributed by atoms with E-state index in [-0.39, 0.29) is 11.6 Å². The Bertz CT molecular complexity index is 602. The van der Waals surface area contributed by atoms with Gasteiger partial charge < -0.3 is 9.84 Å². The zero-order valence-corrected chi connectivity index (χ0v) is 8.93. The van der Waals surface area contributed by atoms with E-state index in [0.717, 1.165) is 18.3 Å². The van der Waals surface area contributed by atoms with Crippen molar-refractivity contribution in [1.82, 2.24) is 4.98 Å². The van der Waals surface area contributed by atoms with Crippen molar-refractivity contribution in [3.8, 4) is 11.6 Å². The quantitative estimate of drug-likeness (QED) is 0.911. The topological polar surface area (TPSA) is 59.4 Å². The molecule has 0 bridgehead atoms. The molecule has 0 aliphatic rings. The smallest absolute Gasteiger partial charge is 0.341 e. The van der Waals surface area contributed by atoms with Gasteiger partial charge in [0.05, 0.1) is 6.20 Å². The molecule has 18 heavy (non-hydrogen) atoms. The summed E-state index contributed by atoms with van der Waals surface area (Å²) in [5, 5.41) is 8.86. The lowest BCUT2D eigenvalue weighted by Crippen LogP contribution is -2.03. The third-order valence-corrected chi connectivity index (χ3v) is 2.06. The van der Waals surface area contributed by atoms with Crippen LogP contribution in [-0.4, -0.2) is 16.1 Å². The Hall–Kier alpha value is -2.50. The number of aromatic nitrogens is 1. The number of aromatic carboxylic acids is 1. The fourth-order valence-electron chi connectivity index (χ4n) is 1.30. The first kappa shape index (κ1) is 12.0. The number of nitrogens with zero attached hydrogens (tertiary/aromatic N) is 1. The van der Waals surface area contributed by atoms with Crippen molar-refractivity contribution in [2.75, 3.05) is 0 Å². The second-order valence-corrected chi connectivity index (χ2v) is 3.37. The van der Waals surface area contributed by atoms with E-state index in [1.807, 2.05) is 0 Å². The SMILES string of the molecule is O=C(O)c1cc(F)cnc1Oc1cccc(F)c1. The van der Waals surface area contributed by atoms with Crippen LogP contribution in [0.5, 0.6) is 11.6 Å². The summed E-state index contributed by atoms with van der Waals surface area (Å²) in [6.45, 7) is 0. The molecule has 0 atom stereocenters. The molecule has 0 unspecified atom stereocenters. The molecule has 0 saturated carbocycles. The molecule has 4 nitrogen and oxygen atoms in total. The lowest BCUT2D eigenvalue weighted by atomic mass is 10.2. The van der Waals surface area contributed by atoms with Crippen molar-refractivity contribution >= 4 is 5.97 Å². The Kier molecular flexibility index (Phi) is 3.18. The van der Waals surface area contributed by atoms with E-state index in [1.54, 1.807) is 0 Å². The molecule has 0 aliphatic heterocycles. The van der Waals surface area contributed by atoms with Gasteiger partial charge >= 0.3 is 5.97 Å². The second kappa shape index (κ2) is 4.79. The van der Waals surface area contributed by atoms with Crippen molar-refractivity contribution in [2.24, 2.45) is 0 Å². The van der Waals surface area contributed by atoms with E-state index in [2.05, 4.69) is 4.98 Å². The fourth-order valence-corrected chi connectivity index (χ4v) is 1.30. The highest BCUT2D eigenvalue weighted by Gasteiger charge is 2.15. The van der Waals surface area contributed by atoms with Gasteiger partial charge in [0.15, 0.2) is 0 Å². The number of carbonyl (C=O) groups is 1. The Morgan fingerprint density at radius 1 is 1.22 bits per heavy atom. The van der Waals surface area contributed by atoms with Crippen LogP contribution >= 0.6 is 0 Å². The van der Waals surface area contributed by atoms with Gasteiger partial charge in [0.1, 0.15) is 22.9 Å². The minimum absolute atomic E-state index is 0.0802. The Balaban J connectivity index is 2.37. The molecule has 0 saturated heterocycles. The standard InChI is InChI=1S/C12H7F2NO3/c13-7-2-1-3-9(4-7)18-11-10(12(16)17)5-8(14)6-15-11/h1-6H,(H,16,17). The maximum atomic E-state index is 12.9. The highest BCUT2D eigenvalue weighted by Crippen LogP contribution is 2.24. The van der Waals surface area contributed by atoms with Crippen LogP contribution in [0.15, 0.2) is 36.5 Å². The van der Waals surface area contributed by atoms with Crippen LogP contribution in [0.25, 0.3) is 0 Å². The molecule has 1 heterocycles. The number of carboxylic acid groups (broad SMARTS) is 1. The normalized spacial score (nSPS) is 10.1. The van der Waals surface area contributed by atoms with Gasteiger partial charge in [-0.2, -0.15) is 0 Å². The number of ether oxygens (including phenoxy) is 1. The molecular weight excluding hydrogens is 244 g/mol. The van der Waals surface area contributed by atoms with E-state index in [4.69, 9.17) is 9.84 Å². The van der Waals surface area contributed by atoms with E-state index in [0.29, 0.717) is 0 Å². The number of halogens is 2. The summed E-state index contributed by atoms with van der Waals surface area (Å²) < 4.78 is 30.9. The van der Waals surface area contributed by atoms with E-state index < -0.39 is 23.2 Å². The average Bonchev–Trinajstić information content (AvgIpc) is 2.31.